The fourth-order valence-corrected chi connectivity index (χ4v) is 3.12. The van der Waals surface area contributed by atoms with Gasteiger partial charge in [0.15, 0.2) is 6.29 Å². The van der Waals surface area contributed by atoms with Crippen molar-refractivity contribution in [1.82, 2.24) is 4.98 Å². The van der Waals surface area contributed by atoms with E-state index in [2.05, 4.69) is 20.9 Å². The van der Waals surface area contributed by atoms with Crippen LogP contribution in [0.3, 0.4) is 0 Å². The lowest BCUT2D eigenvalue weighted by molar-refractivity contribution is -0.137. The number of aromatic nitrogens is 1. The van der Waals surface area contributed by atoms with E-state index in [-0.39, 0.29) is 12.0 Å². The second-order valence-electron chi connectivity index (χ2n) is 5.68. The van der Waals surface area contributed by atoms with Gasteiger partial charge in [-0.25, -0.2) is 4.98 Å². The van der Waals surface area contributed by atoms with Crippen LogP contribution in [-0.2, 0) is 6.18 Å². The molecule has 1 atom stereocenters. The van der Waals surface area contributed by atoms with Crippen molar-refractivity contribution in [1.29, 1.82) is 0 Å². The van der Waals surface area contributed by atoms with E-state index in [0.29, 0.717) is 25.1 Å². The molecule has 2 heterocycles. The lowest BCUT2D eigenvalue weighted by Crippen LogP contribution is -2.25. The van der Waals surface area contributed by atoms with Crippen LogP contribution in [0.5, 0.6) is 5.88 Å². The summed E-state index contributed by atoms with van der Waals surface area (Å²) < 4.78 is 44.1. The summed E-state index contributed by atoms with van der Waals surface area (Å²) in [6.07, 6.45) is -2.36. The van der Waals surface area contributed by atoms with Gasteiger partial charge in [0.1, 0.15) is 6.10 Å². The Hall–Kier alpha value is -2.09. The van der Waals surface area contributed by atoms with Crippen LogP contribution < -0.4 is 9.64 Å². The van der Waals surface area contributed by atoms with Crippen molar-refractivity contribution in [2.24, 2.45) is 0 Å². The average molecular weight is 415 g/mol. The first-order chi connectivity index (χ1) is 11.9. The van der Waals surface area contributed by atoms with Gasteiger partial charge in [-0.15, -0.1) is 0 Å². The summed E-state index contributed by atoms with van der Waals surface area (Å²) in [6, 6.07) is 7.63. The van der Waals surface area contributed by atoms with E-state index >= 15 is 0 Å². The van der Waals surface area contributed by atoms with Crippen LogP contribution >= 0.6 is 15.9 Å². The van der Waals surface area contributed by atoms with Crippen molar-refractivity contribution in [3.8, 4) is 5.88 Å². The smallest absolute Gasteiger partial charge is 0.417 e. The molecule has 0 N–H and O–H groups in total. The molecule has 1 saturated heterocycles. The normalized spacial score (nSPS) is 17.6. The Morgan fingerprint density at radius 3 is 2.72 bits per heavy atom. The van der Waals surface area contributed by atoms with Gasteiger partial charge < -0.3 is 9.64 Å². The topological polar surface area (TPSA) is 42.4 Å². The Labute approximate surface area is 150 Å². The Balaban J connectivity index is 1.66. The van der Waals surface area contributed by atoms with Crippen LogP contribution in [0.25, 0.3) is 0 Å². The molecular weight excluding hydrogens is 401 g/mol. The fraction of sp³-hybridized carbons (Fsp3) is 0.294. The zero-order valence-corrected chi connectivity index (χ0v) is 14.5. The SMILES string of the molecule is O=Cc1cc(Br)ccc1N1CCC(Oc2ccc(C(F)(F)F)cn2)C1. The summed E-state index contributed by atoms with van der Waals surface area (Å²) in [7, 11) is 0. The van der Waals surface area contributed by atoms with Crippen molar-refractivity contribution in [2.75, 3.05) is 18.0 Å². The largest absolute Gasteiger partial charge is 0.472 e. The molecule has 0 radical (unpaired) electrons. The number of alkyl halides is 3. The number of anilines is 1. The monoisotopic (exact) mass is 414 g/mol. The van der Waals surface area contributed by atoms with E-state index in [9.17, 15) is 18.0 Å². The van der Waals surface area contributed by atoms with E-state index in [1.807, 2.05) is 17.0 Å². The number of rotatable bonds is 4. The van der Waals surface area contributed by atoms with Gasteiger partial charge in [-0.05, 0) is 24.3 Å². The van der Waals surface area contributed by atoms with E-state index in [1.165, 1.54) is 6.07 Å². The number of aldehydes is 1. The van der Waals surface area contributed by atoms with Crippen molar-refractivity contribution < 1.29 is 22.7 Å². The minimum absolute atomic E-state index is 0.159. The molecule has 8 heteroatoms. The van der Waals surface area contributed by atoms with Crippen molar-refractivity contribution in [3.05, 3.63) is 52.1 Å². The number of benzene rings is 1. The Morgan fingerprint density at radius 2 is 2.08 bits per heavy atom. The van der Waals surface area contributed by atoms with Crippen LogP contribution in [-0.4, -0.2) is 30.5 Å². The van der Waals surface area contributed by atoms with E-state index in [0.717, 1.165) is 28.7 Å². The molecular formula is C17H14BrF3N2O2. The number of carbonyl (C=O) groups is 1. The number of pyridine rings is 1. The van der Waals surface area contributed by atoms with Crippen LogP contribution in [0.1, 0.15) is 22.3 Å². The maximum atomic E-state index is 12.5. The molecule has 0 saturated carbocycles. The lowest BCUT2D eigenvalue weighted by Gasteiger charge is -2.20. The summed E-state index contributed by atoms with van der Waals surface area (Å²) in [6.45, 7) is 1.22. The summed E-state index contributed by atoms with van der Waals surface area (Å²) in [5, 5.41) is 0. The summed E-state index contributed by atoms with van der Waals surface area (Å²) in [5.74, 6) is 0.159. The van der Waals surface area contributed by atoms with E-state index in [4.69, 9.17) is 4.74 Å². The van der Waals surface area contributed by atoms with Crippen molar-refractivity contribution >= 4 is 27.9 Å². The van der Waals surface area contributed by atoms with Gasteiger partial charge in [-0.1, -0.05) is 15.9 Å². The molecule has 1 aromatic heterocycles. The number of carbonyl (C=O) groups excluding carboxylic acids is 1. The zero-order valence-electron chi connectivity index (χ0n) is 13.0. The number of ether oxygens (including phenoxy) is 1. The summed E-state index contributed by atoms with van der Waals surface area (Å²) in [4.78, 5) is 17.0. The Bertz CT molecular complexity index is 765. The number of hydrogen-bond acceptors (Lipinski definition) is 4. The first-order valence-electron chi connectivity index (χ1n) is 7.56. The van der Waals surface area contributed by atoms with Crippen molar-refractivity contribution in [3.63, 3.8) is 0 Å². The van der Waals surface area contributed by atoms with Gasteiger partial charge in [-0.3, -0.25) is 4.79 Å². The van der Waals surface area contributed by atoms with Crippen molar-refractivity contribution in [2.45, 2.75) is 18.7 Å². The molecule has 0 spiro atoms. The van der Waals surface area contributed by atoms with Gasteiger partial charge in [0.2, 0.25) is 5.88 Å². The predicted octanol–water partition coefficient (Wildman–Crippen LogP) is 4.33. The van der Waals surface area contributed by atoms with Gasteiger partial charge >= 0.3 is 6.18 Å². The van der Waals surface area contributed by atoms with Crippen LogP contribution in [0, 0.1) is 0 Å². The molecule has 1 aliphatic rings. The second kappa shape index (κ2) is 7.03. The molecule has 2 aromatic rings. The molecule has 4 nitrogen and oxygen atoms in total. The average Bonchev–Trinajstić information content (AvgIpc) is 3.02. The molecule has 1 unspecified atom stereocenters. The van der Waals surface area contributed by atoms with Crippen LogP contribution in [0.2, 0.25) is 0 Å². The minimum atomic E-state index is -4.41. The molecule has 1 fully saturated rings. The Kier molecular flexibility index (Phi) is 4.99. The fourth-order valence-electron chi connectivity index (χ4n) is 2.74. The number of halogens is 4. The highest BCUT2D eigenvalue weighted by Crippen LogP contribution is 2.30. The third-order valence-corrected chi connectivity index (χ3v) is 4.45. The molecule has 0 amide bonds. The van der Waals surface area contributed by atoms with Crippen LogP contribution in [0.4, 0.5) is 18.9 Å². The molecule has 1 aliphatic heterocycles. The quantitative estimate of drug-likeness (QED) is 0.698. The molecule has 3 rings (SSSR count). The summed E-state index contributed by atoms with van der Waals surface area (Å²) in [5.41, 5.74) is 0.575. The van der Waals surface area contributed by atoms with E-state index < -0.39 is 11.7 Å². The molecule has 1 aromatic carbocycles. The highest BCUT2D eigenvalue weighted by molar-refractivity contribution is 9.10. The molecule has 132 valence electrons. The highest BCUT2D eigenvalue weighted by Gasteiger charge is 2.31. The Morgan fingerprint density at radius 1 is 1.28 bits per heavy atom. The number of hydrogen-bond donors (Lipinski definition) is 0. The zero-order chi connectivity index (χ0) is 18.0. The number of nitrogens with zero attached hydrogens (tertiary/aromatic N) is 2. The lowest BCUT2D eigenvalue weighted by atomic mass is 10.2. The standard InChI is InChI=1S/C17H14BrF3N2O2/c18-13-2-3-15(11(7-13)10-24)23-6-5-14(9-23)25-16-4-1-12(8-22-16)17(19,20)21/h1-4,7-8,10,14H,5-6,9H2. The molecule has 0 aliphatic carbocycles. The first-order valence-corrected chi connectivity index (χ1v) is 8.35. The molecule has 25 heavy (non-hydrogen) atoms. The maximum Gasteiger partial charge on any atom is 0.417 e. The third-order valence-electron chi connectivity index (χ3n) is 3.95. The predicted molar refractivity (Wildman–Crippen MR) is 90.0 cm³/mol. The van der Waals surface area contributed by atoms with Gasteiger partial charge in [0.05, 0.1) is 12.1 Å². The van der Waals surface area contributed by atoms with Gasteiger partial charge in [-0.2, -0.15) is 13.2 Å². The highest BCUT2D eigenvalue weighted by atomic mass is 79.9. The van der Waals surface area contributed by atoms with Gasteiger partial charge in [0.25, 0.3) is 0 Å². The summed E-state index contributed by atoms with van der Waals surface area (Å²) >= 11 is 3.33. The molecule has 0 bridgehead atoms. The first kappa shape index (κ1) is 17.7. The maximum absolute atomic E-state index is 12.5. The van der Waals surface area contributed by atoms with Crippen LogP contribution in [0.15, 0.2) is 41.0 Å². The van der Waals surface area contributed by atoms with E-state index in [1.54, 1.807) is 6.07 Å². The minimum Gasteiger partial charge on any atom is -0.472 e. The van der Waals surface area contributed by atoms with Gasteiger partial charge in [0, 0.05) is 41.0 Å². The second-order valence-corrected chi connectivity index (χ2v) is 6.59. The third kappa shape index (κ3) is 4.12.